The van der Waals surface area contributed by atoms with Gasteiger partial charge in [-0.1, -0.05) is 30.6 Å². The molecule has 5 rings (SSSR count). The average Bonchev–Trinajstić information content (AvgIpc) is 3.23. The summed E-state index contributed by atoms with van der Waals surface area (Å²) in [4.78, 5) is 23.5. The van der Waals surface area contributed by atoms with E-state index in [1.54, 1.807) is 0 Å². The Balaban J connectivity index is 1.21. The molecule has 27 heavy (non-hydrogen) atoms. The number of carbonyl (C=O) groups is 1. The highest BCUT2D eigenvalue weighted by molar-refractivity contribution is 7.15. The van der Waals surface area contributed by atoms with Crippen LogP contribution in [0.2, 0.25) is 0 Å². The van der Waals surface area contributed by atoms with Gasteiger partial charge in [-0.25, -0.2) is 9.78 Å². The zero-order chi connectivity index (χ0) is 18.2. The van der Waals surface area contributed by atoms with Crippen molar-refractivity contribution in [2.75, 3.05) is 31.1 Å². The summed E-state index contributed by atoms with van der Waals surface area (Å²) in [5.74, 6) is 0.682. The average molecular weight is 390 g/mol. The fourth-order valence-corrected chi connectivity index (χ4v) is 6.56. The molecule has 6 nitrogen and oxygen atoms in total. The second kappa shape index (κ2) is 7.59. The Labute approximate surface area is 165 Å². The number of nitrogens with one attached hydrogen (secondary N) is 2. The van der Waals surface area contributed by atoms with Gasteiger partial charge in [-0.15, -0.1) is 0 Å². The van der Waals surface area contributed by atoms with Crippen LogP contribution in [0, 0.1) is 5.92 Å². The topological polar surface area (TPSA) is 60.5 Å². The first-order valence-corrected chi connectivity index (χ1v) is 11.6. The fourth-order valence-electron chi connectivity index (χ4n) is 5.29. The van der Waals surface area contributed by atoms with Gasteiger partial charge in [0.1, 0.15) is 0 Å². The number of piperazine rings is 1. The number of hydrogen-bond donors (Lipinski definition) is 2. The molecule has 2 N–H and O–H groups in total. The standard InChI is InChI=1S/C20H31N5OS/c26-19(22-10-14-4-2-1-3-5-14)24-9-8-17-18(13-24)27-20(23-17)25-15-6-7-16(25)12-21-11-15/h14-16,21H,1-13H2,(H,22,26). The Morgan fingerprint density at radius 1 is 1.15 bits per heavy atom. The normalized spacial score (nSPS) is 28.3. The summed E-state index contributed by atoms with van der Waals surface area (Å²) in [6.45, 7) is 4.53. The molecular formula is C20H31N5OS. The highest BCUT2D eigenvalue weighted by Gasteiger charge is 2.39. The van der Waals surface area contributed by atoms with Crippen LogP contribution in [0.1, 0.15) is 55.5 Å². The quantitative estimate of drug-likeness (QED) is 0.835. The van der Waals surface area contributed by atoms with Gasteiger partial charge in [-0.05, 0) is 31.6 Å². The molecule has 1 aliphatic carbocycles. The molecule has 2 atom stereocenters. The molecule has 2 bridgehead atoms. The number of aromatic nitrogens is 1. The maximum absolute atomic E-state index is 12.7. The first-order valence-electron chi connectivity index (χ1n) is 10.8. The largest absolute Gasteiger partial charge is 0.340 e. The molecule has 0 spiro atoms. The Morgan fingerprint density at radius 3 is 2.70 bits per heavy atom. The van der Waals surface area contributed by atoms with E-state index < -0.39 is 0 Å². The van der Waals surface area contributed by atoms with E-state index in [-0.39, 0.29) is 6.03 Å². The van der Waals surface area contributed by atoms with E-state index in [0.717, 1.165) is 39.1 Å². The smallest absolute Gasteiger partial charge is 0.317 e. The first kappa shape index (κ1) is 17.7. The molecule has 1 aromatic heterocycles. The molecule has 3 fully saturated rings. The molecule has 3 aliphatic heterocycles. The molecule has 148 valence electrons. The van der Waals surface area contributed by atoms with Crippen molar-refractivity contribution in [3.05, 3.63) is 10.6 Å². The predicted octanol–water partition coefficient (Wildman–Crippen LogP) is 2.73. The fraction of sp³-hybridized carbons (Fsp3) is 0.800. The van der Waals surface area contributed by atoms with Gasteiger partial charge in [-0.2, -0.15) is 0 Å². The van der Waals surface area contributed by atoms with Crippen molar-refractivity contribution in [2.24, 2.45) is 5.92 Å². The van der Waals surface area contributed by atoms with E-state index in [1.165, 1.54) is 60.6 Å². The van der Waals surface area contributed by atoms with Crippen LogP contribution in [0.15, 0.2) is 0 Å². The van der Waals surface area contributed by atoms with Gasteiger partial charge in [0.2, 0.25) is 0 Å². The predicted molar refractivity (Wildman–Crippen MR) is 108 cm³/mol. The molecule has 4 aliphatic rings. The Bertz CT molecular complexity index is 670. The van der Waals surface area contributed by atoms with Crippen LogP contribution >= 0.6 is 11.3 Å². The molecular weight excluding hydrogens is 358 g/mol. The molecule has 7 heteroatoms. The Kier molecular flexibility index (Phi) is 4.98. The minimum absolute atomic E-state index is 0.114. The van der Waals surface area contributed by atoms with E-state index in [2.05, 4.69) is 15.5 Å². The minimum Gasteiger partial charge on any atom is -0.340 e. The van der Waals surface area contributed by atoms with Gasteiger partial charge in [-0.3, -0.25) is 0 Å². The van der Waals surface area contributed by atoms with Gasteiger partial charge >= 0.3 is 6.03 Å². The van der Waals surface area contributed by atoms with Crippen molar-refractivity contribution in [3.8, 4) is 0 Å². The van der Waals surface area contributed by atoms with Crippen molar-refractivity contribution in [1.82, 2.24) is 20.5 Å². The van der Waals surface area contributed by atoms with Crippen molar-refractivity contribution in [1.29, 1.82) is 0 Å². The van der Waals surface area contributed by atoms with Gasteiger partial charge in [0, 0.05) is 49.6 Å². The van der Waals surface area contributed by atoms with E-state index in [4.69, 9.17) is 4.98 Å². The van der Waals surface area contributed by atoms with Crippen LogP contribution in [0.3, 0.4) is 0 Å². The van der Waals surface area contributed by atoms with Crippen LogP contribution in [0.5, 0.6) is 0 Å². The number of rotatable bonds is 3. The summed E-state index contributed by atoms with van der Waals surface area (Å²) >= 11 is 1.82. The molecule has 0 radical (unpaired) electrons. The SMILES string of the molecule is O=C(NCC1CCCCC1)N1CCc2nc(N3C4CCC3CNC4)sc2C1. The number of urea groups is 1. The maximum Gasteiger partial charge on any atom is 0.317 e. The summed E-state index contributed by atoms with van der Waals surface area (Å²) in [6, 6.07) is 1.32. The number of thiazole rings is 1. The zero-order valence-electron chi connectivity index (χ0n) is 16.1. The third-order valence-electron chi connectivity index (χ3n) is 6.87. The van der Waals surface area contributed by atoms with E-state index in [9.17, 15) is 4.79 Å². The van der Waals surface area contributed by atoms with Crippen LogP contribution in [0.25, 0.3) is 0 Å². The third kappa shape index (κ3) is 3.56. The summed E-state index contributed by atoms with van der Waals surface area (Å²) in [6.07, 6.45) is 10.0. The number of anilines is 1. The van der Waals surface area contributed by atoms with Crippen LogP contribution in [-0.4, -0.2) is 54.2 Å². The number of fused-ring (bicyclic) bond motifs is 3. The molecule has 2 saturated heterocycles. The lowest BCUT2D eigenvalue weighted by Gasteiger charge is -2.35. The number of nitrogens with zero attached hydrogens (tertiary/aromatic N) is 3. The van der Waals surface area contributed by atoms with Gasteiger partial charge in [0.05, 0.1) is 12.2 Å². The summed E-state index contributed by atoms with van der Waals surface area (Å²) < 4.78 is 0. The van der Waals surface area contributed by atoms with Crippen LogP contribution < -0.4 is 15.5 Å². The molecule has 2 unspecified atom stereocenters. The maximum atomic E-state index is 12.7. The second-order valence-corrected chi connectivity index (χ2v) is 9.74. The van der Waals surface area contributed by atoms with E-state index in [1.807, 2.05) is 16.2 Å². The molecule has 0 aromatic carbocycles. The molecule has 4 heterocycles. The van der Waals surface area contributed by atoms with Gasteiger partial charge in [0.15, 0.2) is 5.13 Å². The highest BCUT2D eigenvalue weighted by Crippen LogP contribution is 2.38. The second-order valence-electron chi connectivity index (χ2n) is 8.68. The van der Waals surface area contributed by atoms with E-state index in [0.29, 0.717) is 18.0 Å². The monoisotopic (exact) mass is 389 g/mol. The number of amides is 2. The number of hydrogen-bond acceptors (Lipinski definition) is 5. The molecule has 1 saturated carbocycles. The Morgan fingerprint density at radius 2 is 1.93 bits per heavy atom. The van der Waals surface area contributed by atoms with Crippen molar-refractivity contribution in [3.63, 3.8) is 0 Å². The van der Waals surface area contributed by atoms with Crippen molar-refractivity contribution >= 4 is 22.5 Å². The molecule has 1 aromatic rings. The van der Waals surface area contributed by atoms with Crippen LogP contribution in [0.4, 0.5) is 9.93 Å². The zero-order valence-corrected chi connectivity index (χ0v) is 16.9. The third-order valence-corrected chi connectivity index (χ3v) is 7.97. The minimum atomic E-state index is 0.114. The van der Waals surface area contributed by atoms with Crippen LogP contribution in [-0.2, 0) is 13.0 Å². The lowest BCUT2D eigenvalue weighted by atomic mass is 9.89. The number of carbonyl (C=O) groups excluding carboxylic acids is 1. The highest BCUT2D eigenvalue weighted by atomic mass is 32.1. The first-order chi connectivity index (χ1) is 13.3. The Hall–Kier alpha value is -1.34. The molecule has 2 amide bonds. The summed E-state index contributed by atoms with van der Waals surface area (Å²) in [5.41, 5.74) is 1.23. The van der Waals surface area contributed by atoms with Crippen molar-refractivity contribution in [2.45, 2.75) is 70.0 Å². The summed E-state index contributed by atoms with van der Waals surface area (Å²) in [5, 5.41) is 7.94. The van der Waals surface area contributed by atoms with Gasteiger partial charge < -0.3 is 20.4 Å². The van der Waals surface area contributed by atoms with Crippen molar-refractivity contribution < 1.29 is 4.79 Å². The van der Waals surface area contributed by atoms with Gasteiger partial charge in [0.25, 0.3) is 0 Å². The lowest BCUT2D eigenvalue weighted by Crippen LogP contribution is -2.51. The van der Waals surface area contributed by atoms with E-state index >= 15 is 0 Å². The lowest BCUT2D eigenvalue weighted by molar-refractivity contribution is 0.189. The summed E-state index contributed by atoms with van der Waals surface area (Å²) in [7, 11) is 0.